The van der Waals surface area contributed by atoms with Crippen LogP contribution in [0.3, 0.4) is 0 Å². The number of phenolic OH excluding ortho intramolecular Hbond substituents is 1. The van der Waals surface area contributed by atoms with Crippen molar-refractivity contribution in [3.05, 3.63) is 39.7 Å². The first-order valence-corrected chi connectivity index (χ1v) is 4.78. The molecule has 0 amide bonds. The van der Waals surface area contributed by atoms with Gasteiger partial charge in [-0.25, -0.2) is 0 Å². The van der Waals surface area contributed by atoms with Crippen LogP contribution in [-0.4, -0.2) is 10.9 Å². The first-order valence-electron chi connectivity index (χ1n) is 4.78. The van der Waals surface area contributed by atoms with Crippen molar-refractivity contribution in [1.29, 1.82) is 0 Å². The van der Waals surface area contributed by atoms with Crippen LogP contribution in [0.4, 0.5) is 0 Å². The standard InChI is InChI=1S/C12H10O4/c1-6-5-10(15)8-3-4-9(14)11(7(2)13)12(8)16-6/h3-5,14H,1-2H3. The molecule has 1 N–H and O–H groups in total. The minimum absolute atomic E-state index is 0.0540. The lowest BCUT2D eigenvalue weighted by molar-refractivity contribution is 0.101. The van der Waals surface area contributed by atoms with E-state index in [1.54, 1.807) is 6.92 Å². The summed E-state index contributed by atoms with van der Waals surface area (Å²) in [5.41, 5.74) is -0.0166. The van der Waals surface area contributed by atoms with Gasteiger partial charge in [-0.15, -0.1) is 0 Å². The van der Waals surface area contributed by atoms with Crippen LogP contribution in [-0.2, 0) is 0 Å². The zero-order valence-electron chi connectivity index (χ0n) is 8.90. The Hall–Kier alpha value is -2.10. The lowest BCUT2D eigenvalue weighted by atomic mass is 10.1. The molecule has 1 heterocycles. The number of benzene rings is 1. The van der Waals surface area contributed by atoms with Crippen molar-refractivity contribution >= 4 is 16.8 Å². The van der Waals surface area contributed by atoms with E-state index >= 15 is 0 Å². The van der Waals surface area contributed by atoms with E-state index in [0.717, 1.165) is 0 Å². The number of hydrogen-bond acceptors (Lipinski definition) is 4. The molecule has 16 heavy (non-hydrogen) atoms. The molecule has 0 aliphatic carbocycles. The van der Waals surface area contributed by atoms with Crippen molar-refractivity contribution < 1.29 is 14.3 Å². The SMILES string of the molecule is CC(=O)c1c(O)ccc2c(=O)cc(C)oc12. The minimum Gasteiger partial charge on any atom is -0.507 e. The Labute approximate surface area is 91.1 Å². The van der Waals surface area contributed by atoms with Gasteiger partial charge in [0.25, 0.3) is 0 Å². The highest BCUT2D eigenvalue weighted by Gasteiger charge is 2.15. The highest BCUT2D eigenvalue weighted by atomic mass is 16.3. The van der Waals surface area contributed by atoms with E-state index in [0.29, 0.717) is 11.1 Å². The number of aromatic hydroxyl groups is 1. The third-order valence-corrected chi connectivity index (χ3v) is 2.35. The van der Waals surface area contributed by atoms with E-state index < -0.39 is 0 Å². The van der Waals surface area contributed by atoms with Crippen molar-refractivity contribution in [3.63, 3.8) is 0 Å². The third kappa shape index (κ3) is 1.48. The van der Waals surface area contributed by atoms with Crippen LogP contribution in [0.1, 0.15) is 23.0 Å². The van der Waals surface area contributed by atoms with E-state index in [-0.39, 0.29) is 28.1 Å². The first-order chi connectivity index (χ1) is 7.50. The molecule has 2 aromatic rings. The van der Waals surface area contributed by atoms with Crippen LogP contribution in [0, 0.1) is 6.92 Å². The van der Waals surface area contributed by atoms with Crippen LogP contribution in [0.5, 0.6) is 5.75 Å². The zero-order valence-corrected chi connectivity index (χ0v) is 8.90. The molecule has 1 aromatic heterocycles. The second-order valence-electron chi connectivity index (χ2n) is 3.61. The lowest BCUT2D eigenvalue weighted by Crippen LogP contribution is -2.04. The normalized spacial score (nSPS) is 10.6. The molecule has 4 nitrogen and oxygen atoms in total. The van der Waals surface area contributed by atoms with Gasteiger partial charge in [-0.2, -0.15) is 0 Å². The quantitative estimate of drug-likeness (QED) is 0.743. The van der Waals surface area contributed by atoms with Crippen molar-refractivity contribution in [3.8, 4) is 5.75 Å². The monoisotopic (exact) mass is 218 g/mol. The maximum absolute atomic E-state index is 11.6. The summed E-state index contributed by atoms with van der Waals surface area (Å²) in [5.74, 6) is -0.101. The number of phenols is 1. The highest BCUT2D eigenvalue weighted by Crippen LogP contribution is 2.26. The zero-order chi connectivity index (χ0) is 11.9. The number of Topliss-reactive ketones (excluding diaryl/α,β-unsaturated/α-hetero) is 1. The molecule has 2 rings (SSSR count). The molecule has 0 saturated carbocycles. The summed E-state index contributed by atoms with van der Waals surface area (Å²) in [7, 11) is 0. The molecule has 0 unspecified atom stereocenters. The van der Waals surface area contributed by atoms with E-state index in [4.69, 9.17) is 4.42 Å². The summed E-state index contributed by atoms with van der Waals surface area (Å²) >= 11 is 0. The number of aryl methyl sites for hydroxylation is 1. The summed E-state index contributed by atoms with van der Waals surface area (Å²) in [5, 5.41) is 9.88. The van der Waals surface area contributed by atoms with E-state index in [2.05, 4.69) is 0 Å². The maximum Gasteiger partial charge on any atom is 0.192 e. The average molecular weight is 218 g/mol. The number of fused-ring (bicyclic) bond motifs is 1. The van der Waals surface area contributed by atoms with Gasteiger partial charge in [-0.1, -0.05) is 0 Å². The minimum atomic E-state index is -0.336. The number of rotatable bonds is 1. The van der Waals surface area contributed by atoms with Gasteiger partial charge in [0.15, 0.2) is 16.8 Å². The Morgan fingerprint density at radius 1 is 1.38 bits per heavy atom. The predicted octanol–water partition coefficient (Wildman–Crippen LogP) is 2.01. The van der Waals surface area contributed by atoms with Crippen molar-refractivity contribution in [2.75, 3.05) is 0 Å². The van der Waals surface area contributed by atoms with Crippen molar-refractivity contribution in [2.45, 2.75) is 13.8 Å². The summed E-state index contributed by atoms with van der Waals surface area (Å²) in [4.78, 5) is 23.0. The van der Waals surface area contributed by atoms with Crippen molar-refractivity contribution in [2.24, 2.45) is 0 Å². The van der Waals surface area contributed by atoms with E-state index in [9.17, 15) is 14.7 Å². The van der Waals surface area contributed by atoms with Gasteiger partial charge >= 0.3 is 0 Å². The van der Waals surface area contributed by atoms with Gasteiger partial charge in [0.2, 0.25) is 0 Å². The fourth-order valence-corrected chi connectivity index (χ4v) is 1.67. The second-order valence-corrected chi connectivity index (χ2v) is 3.61. The summed E-state index contributed by atoms with van der Waals surface area (Å²) in [6.07, 6.45) is 0. The third-order valence-electron chi connectivity index (χ3n) is 2.35. The molecule has 0 atom stereocenters. The Bertz CT molecular complexity index is 637. The van der Waals surface area contributed by atoms with Gasteiger partial charge in [0, 0.05) is 6.07 Å². The first kappa shape index (κ1) is 10.4. The van der Waals surface area contributed by atoms with E-state index in [1.165, 1.54) is 25.1 Å². The molecule has 0 spiro atoms. The topological polar surface area (TPSA) is 67.5 Å². The summed E-state index contributed by atoms with van der Waals surface area (Å²) < 4.78 is 5.33. The number of carbonyl (C=O) groups is 1. The van der Waals surface area contributed by atoms with Gasteiger partial charge in [-0.3, -0.25) is 9.59 Å². The van der Waals surface area contributed by atoms with Crippen LogP contribution in [0.15, 0.2) is 27.4 Å². The summed E-state index contributed by atoms with van der Waals surface area (Å²) in [6.45, 7) is 2.94. The molecule has 0 aliphatic rings. The second kappa shape index (κ2) is 3.48. The molecular formula is C12H10O4. The molecule has 0 aliphatic heterocycles. The number of hydrogen-bond donors (Lipinski definition) is 1. The molecule has 0 saturated heterocycles. The van der Waals surface area contributed by atoms with Crippen LogP contribution in [0.25, 0.3) is 11.0 Å². The van der Waals surface area contributed by atoms with Gasteiger partial charge in [0.1, 0.15) is 17.1 Å². The Balaban J connectivity index is 3.03. The van der Waals surface area contributed by atoms with Crippen LogP contribution in [0.2, 0.25) is 0 Å². The molecule has 0 bridgehead atoms. The largest absolute Gasteiger partial charge is 0.507 e. The highest BCUT2D eigenvalue weighted by molar-refractivity contribution is 6.07. The Kier molecular flexibility index (Phi) is 2.27. The molecule has 0 fully saturated rings. The lowest BCUT2D eigenvalue weighted by Gasteiger charge is -2.05. The Morgan fingerprint density at radius 3 is 2.69 bits per heavy atom. The molecule has 82 valence electrons. The maximum atomic E-state index is 11.6. The molecular weight excluding hydrogens is 208 g/mol. The number of ketones is 1. The fourth-order valence-electron chi connectivity index (χ4n) is 1.67. The Morgan fingerprint density at radius 2 is 2.06 bits per heavy atom. The van der Waals surface area contributed by atoms with Crippen LogP contribution < -0.4 is 5.43 Å². The molecule has 0 radical (unpaired) electrons. The van der Waals surface area contributed by atoms with Gasteiger partial charge < -0.3 is 9.52 Å². The molecule has 4 heteroatoms. The predicted molar refractivity (Wildman–Crippen MR) is 58.9 cm³/mol. The van der Waals surface area contributed by atoms with Gasteiger partial charge in [-0.05, 0) is 26.0 Å². The smallest absolute Gasteiger partial charge is 0.192 e. The van der Waals surface area contributed by atoms with E-state index in [1.807, 2.05) is 0 Å². The van der Waals surface area contributed by atoms with Gasteiger partial charge in [0.05, 0.1) is 5.39 Å². The molecule has 1 aromatic carbocycles. The average Bonchev–Trinajstić information content (AvgIpc) is 2.15. The number of carbonyl (C=O) groups excluding carboxylic acids is 1. The fraction of sp³-hybridized carbons (Fsp3) is 0.167. The van der Waals surface area contributed by atoms with Crippen LogP contribution >= 0.6 is 0 Å². The summed E-state index contributed by atoms with van der Waals surface area (Å²) in [6, 6.07) is 4.12. The van der Waals surface area contributed by atoms with Crippen molar-refractivity contribution in [1.82, 2.24) is 0 Å².